The largest absolute Gasteiger partial charge is 0.497 e. The van der Waals surface area contributed by atoms with E-state index in [0.717, 1.165) is 5.56 Å². The van der Waals surface area contributed by atoms with Crippen molar-refractivity contribution < 1.29 is 23.7 Å². The van der Waals surface area contributed by atoms with Crippen LogP contribution in [-0.4, -0.2) is 33.3 Å². The molecule has 0 aliphatic heterocycles. The number of rotatable bonds is 11. The summed E-state index contributed by atoms with van der Waals surface area (Å²) in [5.74, 6) is 1.74. The fourth-order valence-electron chi connectivity index (χ4n) is 2.80. The molecule has 0 bridgehead atoms. The van der Waals surface area contributed by atoms with Crippen molar-refractivity contribution in [3.63, 3.8) is 0 Å². The molecule has 0 aromatic heterocycles. The fraction of sp³-hybridized carbons (Fsp3) is 0.250. The van der Waals surface area contributed by atoms with Crippen LogP contribution in [0.3, 0.4) is 0 Å². The summed E-state index contributed by atoms with van der Waals surface area (Å²) in [6.45, 7) is 6.43. The van der Waals surface area contributed by atoms with E-state index in [0.29, 0.717) is 46.2 Å². The Morgan fingerprint density at radius 3 is 2.59 bits per heavy atom. The van der Waals surface area contributed by atoms with Crippen molar-refractivity contribution in [2.24, 2.45) is 0 Å². The monoisotopic (exact) mass is 500 g/mol. The molecule has 0 saturated heterocycles. The van der Waals surface area contributed by atoms with Crippen LogP contribution >= 0.6 is 15.9 Å². The second-order valence-corrected chi connectivity index (χ2v) is 7.25. The van der Waals surface area contributed by atoms with Gasteiger partial charge in [0, 0.05) is 18.2 Å². The van der Waals surface area contributed by atoms with Crippen molar-refractivity contribution >= 4 is 27.9 Å². The van der Waals surface area contributed by atoms with Gasteiger partial charge in [0.05, 0.1) is 25.3 Å². The molecule has 2 rings (SSSR count). The van der Waals surface area contributed by atoms with Gasteiger partial charge in [-0.1, -0.05) is 12.7 Å². The SMILES string of the molecule is C=CCOc1c(Br)cc(/C=C(\C#N)C(=O)NCc2ccc(OC)cc2OC)cc1OCC. The minimum absolute atomic E-state index is 0.0495. The number of methoxy groups -OCH3 is 2. The summed E-state index contributed by atoms with van der Waals surface area (Å²) in [4.78, 5) is 12.6. The Bertz CT molecular complexity index is 1040. The lowest BCUT2D eigenvalue weighted by molar-refractivity contribution is -0.117. The second kappa shape index (κ2) is 12.4. The van der Waals surface area contributed by atoms with Crippen LogP contribution in [0.15, 0.2) is 53.0 Å². The zero-order valence-electron chi connectivity index (χ0n) is 18.2. The van der Waals surface area contributed by atoms with Crippen molar-refractivity contribution in [1.29, 1.82) is 5.26 Å². The minimum Gasteiger partial charge on any atom is -0.497 e. The van der Waals surface area contributed by atoms with Gasteiger partial charge in [0.15, 0.2) is 11.5 Å². The van der Waals surface area contributed by atoms with Crippen molar-refractivity contribution in [2.45, 2.75) is 13.5 Å². The zero-order chi connectivity index (χ0) is 23.5. The van der Waals surface area contributed by atoms with Gasteiger partial charge < -0.3 is 24.3 Å². The highest BCUT2D eigenvalue weighted by Gasteiger charge is 2.15. The van der Waals surface area contributed by atoms with E-state index in [-0.39, 0.29) is 12.1 Å². The van der Waals surface area contributed by atoms with Crippen LogP contribution in [0.25, 0.3) is 6.08 Å². The van der Waals surface area contributed by atoms with Gasteiger partial charge in [0.1, 0.15) is 29.7 Å². The van der Waals surface area contributed by atoms with E-state index < -0.39 is 5.91 Å². The van der Waals surface area contributed by atoms with Crippen LogP contribution < -0.4 is 24.3 Å². The first-order valence-electron chi connectivity index (χ1n) is 9.78. The highest BCUT2D eigenvalue weighted by Crippen LogP contribution is 2.37. The molecule has 8 heteroatoms. The van der Waals surface area contributed by atoms with Crippen molar-refractivity contribution in [3.8, 4) is 29.1 Å². The number of ether oxygens (including phenoxy) is 4. The number of hydrogen-bond donors (Lipinski definition) is 1. The van der Waals surface area contributed by atoms with Gasteiger partial charge in [-0.2, -0.15) is 5.26 Å². The van der Waals surface area contributed by atoms with Crippen LogP contribution in [0.2, 0.25) is 0 Å². The maximum atomic E-state index is 12.6. The molecule has 0 unspecified atom stereocenters. The number of benzene rings is 2. The van der Waals surface area contributed by atoms with Crippen LogP contribution in [0.4, 0.5) is 0 Å². The maximum absolute atomic E-state index is 12.6. The molecular formula is C24H25BrN2O5. The van der Waals surface area contributed by atoms with Gasteiger partial charge in [-0.25, -0.2) is 0 Å². The van der Waals surface area contributed by atoms with Crippen LogP contribution in [-0.2, 0) is 11.3 Å². The van der Waals surface area contributed by atoms with E-state index >= 15 is 0 Å². The minimum atomic E-state index is -0.508. The number of carbonyl (C=O) groups is 1. The first kappa shape index (κ1) is 24.8. The van der Waals surface area contributed by atoms with Crippen LogP contribution in [0, 0.1) is 11.3 Å². The van der Waals surface area contributed by atoms with Gasteiger partial charge in [0.25, 0.3) is 5.91 Å². The van der Waals surface area contributed by atoms with E-state index in [2.05, 4.69) is 27.8 Å². The smallest absolute Gasteiger partial charge is 0.262 e. The summed E-state index contributed by atoms with van der Waals surface area (Å²) in [6, 6.07) is 10.7. The number of carbonyl (C=O) groups excluding carboxylic acids is 1. The molecule has 0 aliphatic carbocycles. The van der Waals surface area contributed by atoms with E-state index in [4.69, 9.17) is 18.9 Å². The molecule has 32 heavy (non-hydrogen) atoms. The van der Waals surface area contributed by atoms with Crippen LogP contribution in [0.1, 0.15) is 18.1 Å². The molecule has 0 heterocycles. The van der Waals surface area contributed by atoms with Crippen molar-refractivity contribution in [3.05, 3.63) is 64.2 Å². The number of nitriles is 1. The normalized spacial score (nSPS) is 10.7. The Morgan fingerprint density at radius 2 is 1.97 bits per heavy atom. The Balaban J connectivity index is 2.24. The summed E-state index contributed by atoms with van der Waals surface area (Å²) in [5, 5.41) is 12.3. The predicted molar refractivity (Wildman–Crippen MR) is 126 cm³/mol. The Morgan fingerprint density at radius 1 is 1.19 bits per heavy atom. The molecule has 2 aromatic carbocycles. The molecule has 0 spiro atoms. The lowest BCUT2D eigenvalue weighted by Crippen LogP contribution is -2.24. The number of hydrogen-bond acceptors (Lipinski definition) is 6. The molecule has 1 amide bonds. The van der Waals surface area contributed by atoms with Gasteiger partial charge >= 0.3 is 0 Å². The molecule has 0 radical (unpaired) electrons. The summed E-state index contributed by atoms with van der Waals surface area (Å²) in [7, 11) is 3.10. The van der Waals surface area contributed by atoms with Crippen molar-refractivity contribution in [2.75, 3.05) is 27.4 Å². The molecule has 7 nitrogen and oxygen atoms in total. The lowest BCUT2D eigenvalue weighted by Gasteiger charge is -2.14. The van der Waals surface area contributed by atoms with Gasteiger partial charge in [-0.3, -0.25) is 4.79 Å². The third-order valence-electron chi connectivity index (χ3n) is 4.29. The fourth-order valence-corrected chi connectivity index (χ4v) is 3.37. The molecule has 0 aliphatic rings. The Hall–Kier alpha value is -3.44. The zero-order valence-corrected chi connectivity index (χ0v) is 19.8. The standard InChI is InChI=1S/C24H25BrN2O5/c1-5-9-32-23-20(25)11-16(12-22(23)31-6-2)10-18(14-26)24(28)27-15-17-7-8-19(29-3)13-21(17)30-4/h5,7-8,10-13H,1,6,9,15H2,2-4H3,(H,27,28)/b18-10+. The summed E-state index contributed by atoms with van der Waals surface area (Å²) in [6.07, 6.45) is 3.12. The summed E-state index contributed by atoms with van der Waals surface area (Å²) in [5.41, 5.74) is 1.32. The van der Waals surface area contributed by atoms with Crippen LogP contribution in [0.5, 0.6) is 23.0 Å². The maximum Gasteiger partial charge on any atom is 0.262 e. The first-order valence-corrected chi connectivity index (χ1v) is 10.6. The molecule has 0 saturated carbocycles. The first-order chi connectivity index (χ1) is 15.5. The van der Waals surface area contributed by atoms with E-state index in [1.54, 1.807) is 43.5 Å². The number of amides is 1. The third kappa shape index (κ3) is 6.53. The average Bonchev–Trinajstić information content (AvgIpc) is 2.80. The third-order valence-corrected chi connectivity index (χ3v) is 4.88. The van der Waals surface area contributed by atoms with Gasteiger partial charge in [-0.05, 0) is 58.8 Å². The highest BCUT2D eigenvalue weighted by molar-refractivity contribution is 9.10. The number of halogens is 1. The predicted octanol–water partition coefficient (Wildman–Crippen LogP) is 4.65. The molecule has 0 fully saturated rings. The molecule has 1 N–H and O–H groups in total. The van der Waals surface area contributed by atoms with E-state index in [1.165, 1.54) is 13.2 Å². The number of nitrogens with one attached hydrogen (secondary N) is 1. The van der Waals surface area contributed by atoms with E-state index in [9.17, 15) is 10.1 Å². The lowest BCUT2D eigenvalue weighted by atomic mass is 10.1. The summed E-state index contributed by atoms with van der Waals surface area (Å²) < 4.78 is 22.5. The Labute approximate surface area is 196 Å². The molecule has 2 aromatic rings. The molecular weight excluding hydrogens is 476 g/mol. The molecule has 0 atom stereocenters. The van der Waals surface area contributed by atoms with Gasteiger partial charge in [0.2, 0.25) is 0 Å². The highest BCUT2D eigenvalue weighted by atomic mass is 79.9. The van der Waals surface area contributed by atoms with Gasteiger partial charge in [-0.15, -0.1) is 0 Å². The average molecular weight is 501 g/mol. The Kier molecular flexibility index (Phi) is 9.64. The molecule has 168 valence electrons. The summed E-state index contributed by atoms with van der Waals surface area (Å²) >= 11 is 3.46. The van der Waals surface area contributed by atoms with E-state index in [1.807, 2.05) is 13.0 Å². The quantitative estimate of drug-likeness (QED) is 0.274. The van der Waals surface area contributed by atoms with Crippen molar-refractivity contribution in [1.82, 2.24) is 5.32 Å². The topological polar surface area (TPSA) is 89.8 Å². The second-order valence-electron chi connectivity index (χ2n) is 6.39. The number of nitrogens with zero attached hydrogens (tertiary/aromatic N) is 1.